The highest BCUT2D eigenvalue weighted by Gasteiger charge is 2.41. The predicted octanol–water partition coefficient (Wildman–Crippen LogP) is 3.72. The molecule has 0 radical (unpaired) electrons. The fraction of sp³-hybridized carbons (Fsp3) is 0.455. The molecule has 1 aliphatic carbocycles. The van der Waals surface area contributed by atoms with E-state index in [2.05, 4.69) is 20.7 Å². The summed E-state index contributed by atoms with van der Waals surface area (Å²) in [5, 5.41) is 10.1. The molecule has 94 valence electrons. The Morgan fingerprint density at radius 2 is 1.94 bits per heavy atom. The molecule has 0 spiro atoms. The van der Waals surface area contributed by atoms with E-state index in [1.807, 2.05) is 0 Å². The summed E-state index contributed by atoms with van der Waals surface area (Å²) in [6, 6.07) is 4.28. The van der Waals surface area contributed by atoms with Crippen LogP contribution in [0.5, 0.6) is 5.75 Å². The molecule has 1 aliphatic rings. The first kappa shape index (κ1) is 12.7. The summed E-state index contributed by atoms with van der Waals surface area (Å²) in [6.07, 6.45) is -3.03. The lowest BCUT2D eigenvalue weighted by Crippen LogP contribution is -2.34. The van der Waals surface area contributed by atoms with Gasteiger partial charge in [0.2, 0.25) is 0 Å². The summed E-state index contributed by atoms with van der Waals surface area (Å²) in [5.74, 6) is -0.339. The normalized spacial score (nSPS) is 18.6. The molecule has 0 amide bonds. The summed E-state index contributed by atoms with van der Waals surface area (Å²) >= 11 is 3.08. The van der Waals surface area contributed by atoms with E-state index < -0.39 is 12.0 Å². The maximum absolute atomic E-state index is 12.2. The molecule has 0 saturated heterocycles. The van der Waals surface area contributed by atoms with Crippen molar-refractivity contribution in [1.82, 2.24) is 0 Å². The van der Waals surface area contributed by atoms with Crippen LogP contribution in [-0.2, 0) is 5.60 Å². The molecule has 2 rings (SSSR count). The minimum absolute atomic E-state index is 0.198. The highest BCUT2D eigenvalue weighted by molar-refractivity contribution is 9.10. The van der Waals surface area contributed by atoms with Gasteiger partial charge >= 0.3 is 6.36 Å². The molecule has 1 fully saturated rings. The molecule has 1 N–H and O–H groups in total. The number of halogens is 4. The van der Waals surface area contributed by atoms with Gasteiger partial charge < -0.3 is 9.84 Å². The van der Waals surface area contributed by atoms with E-state index in [1.165, 1.54) is 12.1 Å². The Bertz CT molecular complexity index is 427. The lowest BCUT2D eigenvalue weighted by Gasteiger charge is -2.38. The number of alkyl halides is 3. The van der Waals surface area contributed by atoms with E-state index in [9.17, 15) is 18.3 Å². The molecular formula is C11H10BrF3O2. The Balaban J connectivity index is 2.37. The van der Waals surface area contributed by atoms with E-state index >= 15 is 0 Å². The maximum Gasteiger partial charge on any atom is 0.573 e. The van der Waals surface area contributed by atoms with Crippen molar-refractivity contribution in [3.63, 3.8) is 0 Å². The average molecular weight is 311 g/mol. The Labute approximate surface area is 105 Å². The molecule has 1 aromatic rings. The highest BCUT2D eigenvalue weighted by atomic mass is 79.9. The van der Waals surface area contributed by atoms with Crippen molar-refractivity contribution in [1.29, 1.82) is 0 Å². The first-order valence-corrected chi connectivity index (χ1v) is 5.88. The van der Waals surface area contributed by atoms with E-state index in [4.69, 9.17) is 0 Å². The van der Waals surface area contributed by atoms with Gasteiger partial charge in [0.25, 0.3) is 0 Å². The van der Waals surface area contributed by atoms with Crippen LogP contribution >= 0.6 is 15.9 Å². The Kier molecular flexibility index (Phi) is 3.12. The topological polar surface area (TPSA) is 29.5 Å². The third-order valence-electron chi connectivity index (χ3n) is 2.85. The second-order valence-electron chi connectivity index (χ2n) is 4.07. The quantitative estimate of drug-likeness (QED) is 0.902. The number of hydrogen-bond acceptors (Lipinski definition) is 2. The lowest BCUT2D eigenvalue weighted by atomic mass is 9.75. The number of hydrogen-bond donors (Lipinski definition) is 1. The van der Waals surface area contributed by atoms with Gasteiger partial charge in [0.15, 0.2) is 0 Å². The van der Waals surface area contributed by atoms with E-state index in [1.54, 1.807) is 6.07 Å². The molecule has 0 bridgehead atoms. The van der Waals surface area contributed by atoms with Crippen LogP contribution in [0.1, 0.15) is 24.8 Å². The monoisotopic (exact) mass is 310 g/mol. The number of rotatable bonds is 2. The molecule has 0 aromatic heterocycles. The van der Waals surface area contributed by atoms with Gasteiger partial charge in [-0.25, -0.2) is 0 Å². The van der Waals surface area contributed by atoms with Crippen molar-refractivity contribution in [3.8, 4) is 5.75 Å². The molecule has 6 heteroatoms. The van der Waals surface area contributed by atoms with Crippen LogP contribution in [0.4, 0.5) is 13.2 Å². The Morgan fingerprint density at radius 1 is 1.29 bits per heavy atom. The zero-order valence-electron chi connectivity index (χ0n) is 8.72. The van der Waals surface area contributed by atoms with Crippen molar-refractivity contribution in [2.75, 3.05) is 0 Å². The van der Waals surface area contributed by atoms with Gasteiger partial charge in [-0.2, -0.15) is 0 Å². The SMILES string of the molecule is OC1(c2ccc(Br)cc2OC(F)(F)F)CCC1. The molecule has 1 aromatic carbocycles. The summed E-state index contributed by atoms with van der Waals surface area (Å²) in [6.45, 7) is 0. The first-order valence-electron chi connectivity index (χ1n) is 5.08. The van der Waals surface area contributed by atoms with E-state index in [0.717, 1.165) is 6.42 Å². The lowest BCUT2D eigenvalue weighted by molar-refractivity contribution is -0.275. The number of aliphatic hydroxyl groups is 1. The van der Waals surface area contributed by atoms with E-state index in [0.29, 0.717) is 17.3 Å². The van der Waals surface area contributed by atoms with Crippen LogP contribution in [0, 0.1) is 0 Å². The molecular weight excluding hydrogens is 301 g/mol. The zero-order chi connectivity index (χ0) is 12.7. The predicted molar refractivity (Wildman–Crippen MR) is 58.6 cm³/mol. The molecule has 0 aliphatic heterocycles. The average Bonchev–Trinajstić information content (AvgIpc) is 2.12. The smallest absolute Gasteiger partial charge is 0.405 e. The van der Waals surface area contributed by atoms with Crippen LogP contribution in [0.3, 0.4) is 0 Å². The van der Waals surface area contributed by atoms with E-state index in [-0.39, 0.29) is 11.3 Å². The third-order valence-corrected chi connectivity index (χ3v) is 3.34. The largest absolute Gasteiger partial charge is 0.573 e. The maximum atomic E-state index is 12.2. The number of ether oxygens (including phenoxy) is 1. The van der Waals surface area contributed by atoms with Gasteiger partial charge in [0, 0.05) is 10.0 Å². The molecule has 0 heterocycles. The van der Waals surface area contributed by atoms with Crippen LogP contribution < -0.4 is 4.74 Å². The minimum Gasteiger partial charge on any atom is -0.405 e. The number of benzene rings is 1. The standard InChI is InChI=1S/C11H10BrF3O2/c12-7-2-3-8(10(16)4-1-5-10)9(6-7)17-11(13,14)15/h2-3,6,16H,1,4-5H2. The second kappa shape index (κ2) is 4.17. The molecule has 1 saturated carbocycles. The van der Waals surface area contributed by atoms with Crippen LogP contribution in [0.2, 0.25) is 0 Å². The zero-order valence-corrected chi connectivity index (χ0v) is 10.3. The van der Waals surface area contributed by atoms with Crippen LogP contribution in [0.25, 0.3) is 0 Å². The van der Waals surface area contributed by atoms with Gasteiger partial charge in [0.05, 0.1) is 5.60 Å². The summed E-state index contributed by atoms with van der Waals surface area (Å²) in [4.78, 5) is 0. The molecule has 17 heavy (non-hydrogen) atoms. The summed E-state index contributed by atoms with van der Waals surface area (Å²) < 4.78 is 41.2. The fourth-order valence-corrected chi connectivity index (χ4v) is 2.21. The van der Waals surface area contributed by atoms with Gasteiger partial charge in [-0.15, -0.1) is 13.2 Å². The highest BCUT2D eigenvalue weighted by Crippen LogP contribution is 2.46. The third kappa shape index (κ3) is 2.74. The Hall–Kier alpha value is -0.750. The molecule has 0 unspecified atom stereocenters. The van der Waals surface area contributed by atoms with Crippen LogP contribution in [-0.4, -0.2) is 11.5 Å². The van der Waals surface area contributed by atoms with Crippen molar-refractivity contribution in [2.24, 2.45) is 0 Å². The van der Waals surface area contributed by atoms with Gasteiger partial charge in [-0.3, -0.25) is 0 Å². The molecule has 2 nitrogen and oxygen atoms in total. The van der Waals surface area contributed by atoms with Gasteiger partial charge in [-0.05, 0) is 31.4 Å². The van der Waals surface area contributed by atoms with Crippen molar-refractivity contribution >= 4 is 15.9 Å². The van der Waals surface area contributed by atoms with Crippen molar-refractivity contribution in [2.45, 2.75) is 31.2 Å². The second-order valence-corrected chi connectivity index (χ2v) is 4.99. The van der Waals surface area contributed by atoms with Crippen molar-refractivity contribution < 1.29 is 23.0 Å². The van der Waals surface area contributed by atoms with Crippen molar-refractivity contribution in [3.05, 3.63) is 28.2 Å². The molecule has 0 atom stereocenters. The summed E-state index contributed by atoms with van der Waals surface area (Å²) in [5.41, 5.74) is -0.981. The summed E-state index contributed by atoms with van der Waals surface area (Å²) in [7, 11) is 0. The minimum atomic E-state index is -4.75. The van der Waals surface area contributed by atoms with Crippen LogP contribution in [0.15, 0.2) is 22.7 Å². The van der Waals surface area contributed by atoms with Gasteiger partial charge in [0.1, 0.15) is 5.75 Å². The first-order chi connectivity index (χ1) is 7.80. The van der Waals surface area contributed by atoms with Gasteiger partial charge in [-0.1, -0.05) is 22.0 Å². The fourth-order valence-electron chi connectivity index (χ4n) is 1.87. The Morgan fingerprint density at radius 3 is 2.41 bits per heavy atom.